The van der Waals surface area contributed by atoms with Crippen LogP contribution in [-0.4, -0.2) is 29.3 Å². The van der Waals surface area contributed by atoms with Gasteiger partial charge in [-0.2, -0.15) is 0 Å². The molecule has 2 aromatic rings. The molecule has 0 unspecified atom stereocenters. The lowest BCUT2D eigenvalue weighted by Crippen LogP contribution is -2.27. The third kappa shape index (κ3) is 3.92. The maximum Gasteiger partial charge on any atom is 0.266 e. The maximum absolute atomic E-state index is 12.8. The Morgan fingerprint density at radius 2 is 1.85 bits per heavy atom. The van der Waals surface area contributed by atoms with E-state index >= 15 is 0 Å². The van der Waals surface area contributed by atoms with Crippen LogP contribution >= 0.6 is 24.0 Å². The van der Waals surface area contributed by atoms with Gasteiger partial charge in [0.15, 0.2) is 0 Å². The zero-order valence-electron chi connectivity index (χ0n) is 14.8. The van der Waals surface area contributed by atoms with Gasteiger partial charge in [0.25, 0.3) is 5.91 Å². The van der Waals surface area contributed by atoms with Gasteiger partial charge in [-0.25, -0.2) is 0 Å². The number of thioether (sulfide) groups is 1. The summed E-state index contributed by atoms with van der Waals surface area (Å²) in [4.78, 5) is 15.0. The van der Waals surface area contributed by atoms with Gasteiger partial charge in [-0.1, -0.05) is 53.8 Å². The van der Waals surface area contributed by atoms with E-state index < -0.39 is 0 Å². The van der Waals surface area contributed by atoms with Gasteiger partial charge in [0.2, 0.25) is 0 Å². The lowest BCUT2D eigenvalue weighted by molar-refractivity contribution is -0.122. The van der Waals surface area contributed by atoms with E-state index in [-0.39, 0.29) is 5.91 Å². The molecule has 0 radical (unpaired) electrons. The number of aryl methyl sites for hydroxylation is 1. The average Bonchev–Trinajstić information content (AvgIpc) is 2.91. The second kappa shape index (κ2) is 7.93. The molecule has 1 heterocycles. The molecule has 0 spiro atoms. The van der Waals surface area contributed by atoms with E-state index in [1.165, 1.54) is 17.3 Å². The molecule has 1 fully saturated rings. The van der Waals surface area contributed by atoms with Crippen LogP contribution in [-0.2, 0) is 11.3 Å². The standard InChI is InChI=1S/C20H19NO3S2/c1-13-4-6-14(7-5-13)12-21-19(22)18(26-20(21)25)10-15-8-9-16(23-2)11-17(15)24-3/h4-11H,12H2,1-3H3/b18-10-. The third-order valence-electron chi connectivity index (χ3n) is 4.06. The number of amides is 1. The van der Waals surface area contributed by atoms with Crippen LogP contribution in [0.2, 0.25) is 0 Å². The van der Waals surface area contributed by atoms with Gasteiger partial charge in [-0.05, 0) is 30.7 Å². The highest BCUT2D eigenvalue weighted by Crippen LogP contribution is 2.36. The Morgan fingerprint density at radius 3 is 2.50 bits per heavy atom. The van der Waals surface area contributed by atoms with Crippen molar-refractivity contribution in [2.75, 3.05) is 14.2 Å². The second-order valence-corrected chi connectivity index (χ2v) is 7.54. The molecule has 0 aliphatic carbocycles. The number of rotatable bonds is 5. The minimum atomic E-state index is -0.0848. The van der Waals surface area contributed by atoms with Gasteiger partial charge in [0, 0.05) is 11.6 Å². The van der Waals surface area contributed by atoms with E-state index in [0.29, 0.717) is 27.3 Å². The Kier molecular flexibility index (Phi) is 5.64. The molecule has 26 heavy (non-hydrogen) atoms. The van der Waals surface area contributed by atoms with E-state index in [1.54, 1.807) is 25.2 Å². The van der Waals surface area contributed by atoms with Crippen LogP contribution in [0.3, 0.4) is 0 Å². The van der Waals surface area contributed by atoms with Crippen molar-refractivity contribution in [3.8, 4) is 11.5 Å². The zero-order chi connectivity index (χ0) is 18.7. The summed E-state index contributed by atoms with van der Waals surface area (Å²) in [5.41, 5.74) is 3.05. The number of benzene rings is 2. The van der Waals surface area contributed by atoms with Crippen LogP contribution in [0, 0.1) is 6.92 Å². The van der Waals surface area contributed by atoms with Gasteiger partial charge in [0.1, 0.15) is 15.8 Å². The predicted octanol–water partition coefficient (Wildman–Crippen LogP) is 4.41. The van der Waals surface area contributed by atoms with Crippen molar-refractivity contribution < 1.29 is 14.3 Å². The number of carbonyl (C=O) groups excluding carboxylic acids is 1. The molecule has 1 saturated heterocycles. The Balaban J connectivity index is 1.84. The first-order valence-electron chi connectivity index (χ1n) is 8.04. The average molecular weight is 386 g/mol. The van der Waals surface area contributed by atoms with Crippen molar-refractivity contribution in [3.63, 3.8) is 0 Å². The first-order chi connectivity index (χ1) is 12.5. The van der Waals surface area contributed by atoms with Gasteiger partial charge in [-0.15, -0.1) is 0 Å². The number of nitrogens with zero attached hydrogens (tertiary/aromatic N) is 1. The molecule has 1 amide bonds. The number of thiocarbonyl (C=S) groups is 1. The van der Waals surface area contributed by atoms with E-state index in [4.69, 9.17) is 21.7 Å². The van der Waals surface area contributed by atoms with Gasteiger partial charge in [0.05, 0.1) is 25.7 Å². The van der Waals surface area contributed by atoms with Crippen molar-refractivity contribution >= 4 is 40.3 Å². The van der Waals surface area contributed by atoms with Gasteiger partial charge < -0.3 is 9.47 Å². The largest absolute Gasteiger partial charge is 0.497 e. The number of hydrogen-bond acceptors (Lipinski definition) is 5. The number of methoxy groups -OCH3 is 2. The van der Waals surface area contributed by atoms with Crippen molar-refractivity contribution in [1.29, 1.82) is 0 Å². The Labute approximate surface area is 162 Å². The van der Waals surface area contributed by atoms with Crippen LogP contribution in [0.4, 0.5) is 0 Å². The fraction of sp³-hybridized carbons (Fsp3) is 0.200. The molecule has 2 aromatic carbocycles. The quantitative estimate of drug-likeness (QED) is 0.563. The minimum Gasteiger partial charge on any atom is -0.497 e. The lowest BCUT2D eigenvalue weighted by atomic mass is 10.1. The van der Waals surface area contributed by atoms with Gasteiger partial charge >= 0.3 is 0 Å². The van der Waals surface area contributed by atoms with Crippen molar-refractivity contribution in [3.05, 3.63) is 64.1 Å². The smallest absolute Gasteiger partial charge is 0.266 e. The zero-order valence-corrected chi connectivity index (χ0v) is 16.4. The summed E-state index contributed by atoms with van der Waals surface area (Å²) in [6.45, 7) is 2.51. The van der Waals surface area contributed by atoms with Crippen molar-refractivity contribution in [2.24, 2.45) is 0 Å². The first kappa shape index (κ1) is 18.5. The molecule has 0 saturated carbocycles. The van der Waals surface area contributed by atoms with Crippen LogP contribution in [0.1, 0.15) is 16.7 Å². The fourth-order valence-corrected chi connectivity index (χ4v) is 3.84. The van der Waals surface area contributed by atoms with Crippen LogP contribution in [0.25, 0.3) is 6.08 Å². The Hall–Kier alpha value is -2.31. The van der Waals surface area contributed by atoms with E-state index in [9.17, 15) is 4.79 Å². The normalized spacial score (nSPS) is 15.7. The van der Waals surface area contributed by atoms with Crippen LogP contribution < -0.4 is 9.47 Å². The lowest BCUT2D eigenvalue weighted by Gasteiger charge is -2.14. The molecule has 0 bridgehead atoms. The Morgan fingerprint density at radius 1 is 1.12 bits per heavy atom. The summed E-state index contributed by atoms with van der Waals surface area (Å²) in [7, 11) is 3.19. The summed E-state index contributed by atoms with van der Waals surface area (Å²) < 4.78 is 11.2. The van der Waals surface area contributed by atoms with E-state index in [2.05, 4.69) is 0 Å². The molecular formula is C20H19NO3S2. The second-order valence-electron chi connectivity index (χ2n) is 5.86. The molecular weight excluding hydrogens is 366 g/mol. The fourth-order valence-electron chi connectivity index (χ4n) is 2.59. The van der Waals surface area contributed by atoms with Crippen LogP contribution in [0.5, 0.6) is 11.5 Å². The monoisotopic (exact) mass is 385 g/mol. The molecule has 1 aliphatic heterocycles. The van der Waals surface area contributed by atoms with Crippen molar-refractivity contribution in [1.82, 2.24) is 4.90 Å². The van der Waals surface area contributed by atoms with E-state index in [0.717, 1.165) is 11.1 Å². The molecule has 0 atom stereocenters. The molecule has 4 nitrogen and oxygen atoms in total. The summed E-state index contributed by atoms with van der Waals surface area (Å²) in [5, 5.41) is 0. The molecule has 3 rings (SSSR count). The molecule has 0 N–H and O–H groups in total. The van der Waals surface area contributed by atoms with Crippen molar-refractivity contribution in [2.45, 2.75) is 13.5 Å². The summed E-state index contributed by atoms with van der Waals surface area (Å²) in [6.07, 6.45) is 1.81. The number of hydrogen-bond donors (Lipinski definition) is 0. The van der Waals surface area contributed by atoms with Gasteiger partial charge in [-0.3, -0.25) is 9.69 Å². The van der Waals surface area contributed by atoms with Crippen LogP contribution in [0.15, 0.2) is 47.4 Å². The molecule has 134 valence electrons. The number of ether oxygens (including phenoxy) is 2. The topological polar surface area (TPSA) is 38.8 Å². The molecule has 0 aromatic heterocycles. The minimum absolute atomic E-state index is 0.0848. The highest BCUT2D eigenvalue weighted by atomic mass is 32.2. The highest BCUT2D eigenvalue weighted by Gasteiger charge is 2.32. The molecule has 1 aliphatic rings. The molecule has 6 heteroatoms. The highest BCUT2D eigenvalue weighted by molar-refractivity contribution is 8.26. The Bertz CT molecular complexity index is 875. The predicted molar refractivity (Wildman–Crippen MR) is 109 cm³/mol. The third-order valence-corrected chi connectivity index (χ3v) is 5.44. The first-order valence-corrected chi connectivity index (χ1v) is 9.27. The van der Waals surface area contributed by atoms with E-state index in [1.807, 2.05) is 49.4 Å². The summed E-state index contributed by atoms with van der Waals surface area (Å²) in [5.74, 6) is 1.26. The summed E-state index contributed by atoms with van der Waals surface area (Å²) in [6, 6.07) is 13.6. The number of carbonyl (C=O) groups is 1. The maximum atomic E-state index is 12.8. The SMILES string of the molecule is COc1ccc(/C=C2\SC(=S)N(Cc3ccc(C)cc3)C2=O)c(OC)c1. The summed E-state index contributed by atoms with van der Waals surface area (Å²) >= 11 is 6.72.